The van der Waals surface area contributed by atoms with Crippen molar-refractivity contribution in [3.8, 4) is 12.1 Å². The summed E-state index contributed by atoms with van der Waals surface area (Å²) in [5, 5.41) is 17.7. The van der Waals surface area contributed by atoms with Crippen molar-refractivity contribution >= 4 is 5.69 Å². The maximum Gasteiger partial charge on any atom is 0.124 e. The highest BCUT2D eigenvalue weighted by Crippen LogP contribution is 2.22. The standard InChI is InChI=1S/C14H16FN3/c1-11(2)10-18(7-3-6-16)14-5-4-13(15)8-12(14)9-17/h4-5,8,11H,3,7,10H2,1-2H3. The van der Waals surface area contributed by atoms with Gasteiger partial charge in [-0.25, -0.2) is 4.39 Å². The summed E-state index contributed by atoms with van der Waals surface area (Å²) in [6, 6.07) is 8.27. The predicted molar refractivity (Wildman–Crippen MR) is 68.4 cm³/mol. The summed E-state index contributed by atoms with van der Waals surface area (Å²) in [7, 11) is 0. The quantitative estimate of drug-likeness (QED) is 0.801. The average molecular weight is 245 g/mol. The summed E-state index contributed by atoms with van der Waals surface area (Å²) in [5.41, 5.74) is 1.01. The van der Waals surface area contributed by atoms with Crippen molar-refractivity contribution in [3.05, 3.63) is 29.6 Å². The van der Waals surface area contributed by atoms with Gasteiger partial charge in [-0.2, -0.15) is 10.5 Å². The first-order valence-corrected chi connectivity index (χ1v) is 5.90. The molecule has 3 nitrogen and oxygen atoms in total. The molecule has 4 heteroatoms. The Bertz CT molecular complexity index is 483. The van der Waals surface area contributed by atoms with E-state index in [0.29, 0.717) is 30.1 Å². The van der Waals surface area contributed by atoms with Crippen molar-refractivity contribution in [1.29, 1.82) is 10.5 Å². The zero-order valence-corrected chi connectivity index (χ0v) is 10.7. The summed E-state index contributed by atoms with van der Waals surface area (Å²) >= 11 is 0. The van der Waals surface area contributed by atoms with Gasteiger partial charge in [0, 0.05) is 13.1 Å². The van der Waals surface area contributed by atoms with Gasteiger partial charge in [0.2, 0.25) is 0 Å². The predicted octanol–water partition coefficient (Wildman–Crippen LogP) is 3.07. The molecule has 0 aromatic heterocycles. The number of rotatable bonds is 5. The third kappa shape index (κ3) is 3.75. The summed E-state index contributed by atoms with van der Waals surface area (Å²) in [5.74, 6) is -0.0135. The fourth-order valence-electron chi connectivity index (χ4n) is 1.81. The molecule has 0 saturated heterocycles. The van der Waals surface area contributed by atoms with Gasteiger partial charge in [0.25, 0.3) is 0 Å². The van der Waals surface area contributed by atoms with Gasteiger partial charge in [-0.15, -0.1) is 0 Å². The monoisotopic (exact) mass is 245 g/mol. The first-order valence-electron chi connectivity index (χ1n) is 5.90. The fourth-order valence-corrected chi connectivity index (χ4v) is 1.81. The number of hydrogen-bond donors (Lipinski definition) is 0. The summed E-state index contributed by atoms with van der Waals surface area (Å²) in [6.07, 6.45) is 0.384. The largest absolute Gasteiger partial charge is 0.369 e. The Labute approximate surface area is 107 Å². The normalized spacial score (nSPS) is 9.89. The number of nitrogens with zero attached hydrogens (tertiary/aromatic N) is 3. The van der Waals surface area contributed by atoms with Crippen LogP contribution < -0.4 is 4.90 Å². The molecule has 94 valence electrons. The van der Waals surface area contributed by atoms with Crippen molar-refractivity contribution in [2.75, 3.05) is 18.0 Å². The molecule has 0 atom stereocenters. The molecule has 1 aromatic carbocycles. The van der Waals surface area contributed by atoms with Crippen LogP contribution in [0.25, 0.3) is 0 Å². The minimum atomic E-state index is -0.417. The van der Waals surface area contributed by atoms with Crippen LogP contribution in [0.5, 0.6) is 0 Å². The minimum absolute atomic E-state index is 0.314. The van der Waals surface area contributed by atoms with E-state index in [1.54, 1.807) is 6.07 Å². The lowest BCUT2D eigenvalue weighted by Crippen LogP contribution is -2.29. The van der Waals surface area contributed by atoms with E-state index < -0.39 is 5.82 Å². The molecule has 1 rings (SSSR count). The minimum Gasteiger partial charge on any atom is -0.369 e. The SMILES string of the molecule is CC(C)CN(CCC#N)c1ccc(F)cc1C#N. The van der Waals surface area contributed by atoms with E-state index in [-0.39, 0.29) is 0 Å². The Morgan fingerprint density at radius 3 is 2.61 bits per heavy atom. The van der Waals surface area contributed by atoms with Crippen LogP contribution in [-0.2, 0) is 0 Å². The molecule has 0 spiro atoms. The van der Waals surface area contributed by atoms with Gasteiger partial charge in [0.15, 0.2) is 0 Å². The summed E-state index contributed by atoms with van der Waals surface area (Å²) in [6.45, 7) is 5.42. The second-order valence-corrected chi connectivity index (χ2v) is 4.52. The fraction of sp³-hybridized carbons (Fsp3) is 0.429. The van der Waals surface area contributed by atoms with Gasteiger partial charge in [0.05, 0.1) is 23.7 Å². The van der Waals surface area contributed by atoms with Gasteiger partial charge in [-0.3, -0.25) is 0 Å². The van der Waals surface area contributed by atoms with E-state index in [2.05, 4.69) is 19.9 Å². The van der Waals surface area contributed by atoms with Crippen LogP contribution in [0.4, 0.5) is 10.1 Å². The van der Waals surface area contributed by atoms with Crippen molar-refractivity contribution < 1.29 is 4.39 Å². The Kier molecular flexibility index (Phi) is 5.14. The van der Waals surface area contributed by atoms with E-state index >= 15 is 0 Å². The molecule has 0 radical (unpaired) electrons. The lowest BCUT2D eigenvalue weighted by atomic mass is 10.1. The molecule has 0 unspecified atom stereocenters. The van der Waals surface area contributed by atoms with Crippen LogP contribution in [0, 0.1) is 34.4 Å². The molecule has 0 amide bonds. The van der Waals surface area contributed by atoms with Gasteiger partial charge < -0.3 is 4.90 Å². The Morgan fingerprint density at radius 2 is 2.06 bits per heavy atom. The Hall–Kier alpha value is -2.07. The van der Waals surface area contributed by atoms with Crippen molar-refractivity contribution in [2.24, 2.45) is 5.92 Å². The van der Waals surface area contributed by atoms with Crippen LogP contribution >= 0.6 is 0 Å². The first-order chi connectivity index (χ1) is 8.58. The molecule has 18 heavy (non-hydrogen) atoms. The van der Waals surface area contributed by atoms with Gasteiger partial charge in [-0.1, -0.05) is 13.8 Å². The highest BCUT2D eigenvalue weighted by Gasteiger charge is 2.13. The first kappa shape index (κ1) is 14.0. The van der Waals surface area contributed by atoms with Crippen LogP contribution in [0.3, 0.4) is 0 Å². The molecule has 0 fully saturated rings. The topological polar surface area (TPSA) is 50.8 Å². The number of benzene rings is 1. The number of halogens is 1. The highest BCUT2D eigenvalue weighted by molar-refractivity contribution is 5.59. The molecular formula is C14H16FN3. The van der Waals surface area contributed by atoms with E-state index in [1.165, 1.54) is 12.1 Å². The van der Waals surface area contributed by atoms with Crippen LogP contribution in [-0.4, -0.2) is 13.1 Å². The molecule has 1 aromatic rings. The third-order valence-electron chi connectivity index (χ3n) is 2.50. The van der Waals surface area contributed by atoms with Crippen molar-refractivity contribution in [3.63, 3.8) is 0 Å². The van der Waals surface area contributed by atoms with E-state index in [0.717, 1.165) is 6.54 Å². The molecule has 0 bridgehead atoms. The number of anilines is 1. The smallest absolute Gasteiger partial charge is 0.124 e. The molecule has 0 N–H and O–H groups in total. The molecular weight excluding hydrogens is 229 g/mol. The lowest BCUT2D eigenvalue weighted by Gasteiger charge is -2.26. The molecule has 0 saturated carbocycles. The maximum atomic E-state index is 13.1. The van der Waals surface area contributed by atoms with Gasteiger partial charge in [-0.05, 0) is 24.1 Å². The van der Waals surface area contributed by atoms with Crippen molar-refractivity contribution in [2.45, 2.75) is 20.3 Å². The second-order valence-electron chi connectivity index (χ2n) is 4.52. The number of hydrogen-bond acceptors (Lipinski definition) is 3. The van der Waals surface area contributed by atoms with Crippen molar-refractivity contribution in [1.82, 2.24) is 0 Å². The highest BCUT2D eigenvalue weighted by atomic mass is 19.1. The van der Waals surface area contributed by atoms with Crippen LogP contribution in [0.2, 0.25) is 0 Å². The Morgan fingerprint density at radius 1 is 1.33 bits per heavy atom. The molecule has 0 aliphatic rings. The van der Waals surface area contributed by atoms with E-state index in [9.17, 15) is 4.39 Å². The molecule has 0 aliphatic heterocycles. The van der Waals surface area contributed by atoms with Gasteiger partial charge in [0.1, 0.15) is 11.9 Å². The third-order valence-corrected chi connectivity index (χ3v) is 2.50. The second kappa shape index (κ2) is 6.61. The lowest BCUT2D eigenvalue weighted by molar-refractivity contribution is 0.608. The maximum absolute atomic E-state index is 13.1. The average Bonchev–Trinajstić information content (AvgIpc) is 2.34. The zero-order valence-electron chi connectivity index (χ0n) is 10.7. The molecule has 0 aliphatic carbocycles. The zero-order chi connectivity index (χ0) is 13.5. The van der Waals surface area contributed by atoms with Crippen LogP contribution in [0.15, 0.2) is 18.2 Å². The summed E-state index contributed by atoms with van der Waals surface area (Å²) in [4.78, 5) is 1.96. The van der Waals surface area contributed by atoms with Gasteiger partial charge >= 0.3 is 0 Å². The Balaban J connectivity index is 3.04. The van der Waals surface area contributed by atoms with E-state index in [1.807, 2.05) is 11.0 Å². The number of nitriles is 2. The van der Waals surface area contributed by atoms with Crippen LogP contribution in [0.1, 0.15) is 25.8 Å². The molecule has 0 heterocycles. The van der Waals surface area contributed by atoms with E-state index in [4.69, 9.17) is 10.5 Å². The summed E-state index contributed by atoms with van der Waals surface area (Å²) < 4.78 is 13.1.